The van der Waals surface area contributed by atoms with E-state index in [2.05, 4.69) is 15.3 Å². The summed E-state index contributed by atoms with van der Waals surface area (Å²) in [6.45, 7) is 3.44. The lowest BCUT2D eigenvalue weighted by atomic mass is 10.2. The van der Waals surface area contributed by atoms with Gasteiger partial charge in [-0.05, 0) is 25.5 Å². The number of carbonyl (C=O) groups excluding carboxylic acids is 1. The van der Waals surface area contributed by atoms with E-state index in [0.29, 0.717) is 22.0 Å². The van der Waals surface area contributed by atoms with Crippen molar-refractivity contribution in [3.63, 3.8) is 0 Å². The summed E-state index contributed by atoms with van der Waals surface area (Å²) in [6.07, 6.45) is 3.66. The van der Waals surface area contributed by atoms with Crippen LogP contribution in [-0.4, -0.2) is 33.0 Å². The van der Waals surface area contributed by atoms with Gasteiger partial charge in [0.15, 0.2) is 0 Å². The van der Waals surface area contributed by atoms with Crippen molar-refractivity contribution in [1.82, 2.24) is 15.3 Å². The van der Waals surface area contributed by atoms with E-state index in [4.69, 9.17) is 5.11 Å². The number of nitrogens with zero attached hydrogens (tertiary/aromatic N) is 2. The highest BCUT2D eigenvalue weighted by Gasteiger charge is 2.22. The maximum atomic E-state index is 12.2. The van der Waals surface area contributed by atoms with Crippen LogP contribution >= 0.6 is 11.3 Å². The number of carboxylic acids is 1. The van der Waals surface area contributed by atoms with Gasteiger partial charge in [0.1, 0.15) is 15.9 Å². The maximum absolute atomic E-state index is 12.2. The van der Waals surface area contributed by atoms with Gasteiger partial charge in [-0.2, -0.15) is 0 Å². The molecule has 0 aromatic carbocycles. The van der Waals surface area contributed by atoms with Crippen molar-refractivity contribution in [2.45, 2.75) is 26.3 Å². The third kappa shape index (κ3) is 3.43. The molecule has 1 amide bonds. The topological polar surface area (TPSA) is 92.2 Å². The molecule has 2 heterocycles. The van der Waals surface area contributed by atoms with E-state index in [-0.39, 0.29) is 0 Å². The molecule has 1 atom stereocenters. The summed E-state index contributed by atoms with van der Waals surface area (Å²) in [7, 11) is 0. The molecule has 0 fully saturated rings. The molecule has 6 nitrogen and oxygen atoms in total. The van der Waals surface area contributed by atoms with Crippen molar-refractivity contribution >= 4 is 23.2 Å². The summed E-state index contributed by atoms with van der Waals surface area (Å²) in [5.41, 5.74) is 1.41. The fraction of sp³-hybridized carbons (Fsp3) is 0.286. The minimum atomic E-state index is -1.04. The van der Waals surface area contributed by atoms with Crippen LogP contribution in [0.15, 0.2) is 24.5 Å². The van der Waals surface area contributed by atoms with E-state index in [0.717, 1.165) is 5.56 Å². The van der Waals surface area contributed by atoms with E-state index in [9.17, 15) is 9.59 Å². The first-order chi connectivity index (χ1) is 10.0. The second-order valence-corrected chi connectivity index (χ2v) is 5.45. The SMILES string of the molecule is CCC(NC(=O)c1sc(-c2cccnc2)nc1C)C(=O)O. The first-order valence-electron chi connectivity index (χ1n) is 6.44. The number of hydrogen-bond donors (Lipinski definition) is 2. The molecule has 110 valence electrons. The second kappa shape index (κ2) is 6.45. The predicted octanol–water partition coefficient (Wildman–Crippen LogP) is 2.11. The van der Waals surface area contributed by atoms with Gasteiger partial charge in [-0.15, -0.1) is 11.3 Å². The quantitative estimate of drug-likeness (QED) is 0.882. The molecule has 7 heteroatoms. The Labute approximate surface area is 125 Å². The highest BCUT2D eigenvalue weighted by atomic mass is 32.1. The molecule has 2 N–H and O–H groups in total. The van der Waals surface area contributed by atoms with Gasteiger partial charge in [0, 0.05) is 18.0 Å². The third-order valence-corrected chi connectivity index (χ3v) is 4.13. The van der Waals surface area contributed by atoms with Crippen LogP contribution in [0.3, 0.4) is 0 Å². The Hall–Kier alpha value is -2.28. The molecule has 21 heavy (non-hydrogen) atoms. The largest absolute Gasteiger partial charge is 0.480 e. The molecule has 1 unspecified atom stereocenters. The number of aromatic nitrogens is 2. The molecular weight excluding hydrogens is 290 g/mol. The smallest absolute Gasteiger partial charge is 0.326 e. The number of hydrogen-bond acceptors (Lipinski definition) is 5. The second-order valence-electron chi connectivity index (χ2n) is 4.45. The van der Waals surface area contributed by atoms with E-state index in [1.54, 1.807) is 32.3 Å². The van der Waals surface area contributed by atoms with E-state index < -0.39 is 17.9 Å². The first kappa shape index (κ1) is 15.1. The predicted molar refractivity (Wildman–Crippen MR) is 79.3 cm³/mol. The fourth-order valence-corrected chi connectivity index (χ4v) is 2.74. The molecule has 2 aromatic rings. The van der Waals surface area contributed by atoms with Crippen molar-refractivity contribution in [3.8, 4) is 10.6 Å². The Kier molecular flexibility index (Phi) is 4.64. The number of nitrogens with one attached hydrogen (secondary N) is 1. The monoisotopic (exact) mass is 305 g/mol. The average Bonchev–Trinajstić information content (AvgIpc) is 2.87. The van der Waals surface area contributed by atoms with Crippen LogP contribution in [0.5, 0.6) is 0 Å². The number of carbonyl (C=O) groups is 2. The van der Waals surface area contributed by atoms with Crippen molar-refractivity contribution in [2.24, 2.45) is 0 Å². The number of thiazole rings is 1. The van der Waals surface area contributed by atoms with E-state index in [1.165, 1.54) is 11.3 Å². The Morgan fingerprint density at radius 1 is 1.48 bits per heavy atom. The van der Waals surface area contributed by atoms with Crippen LogP contribution in [-0.2, 0) is 4.79 Å². The third-order valence-electron chi connectivity index (χ3n) is 2.92. The number of rotatable bonds is 5. The summed E-state index contributed by atoms with van der Waals surface area (Å²) >= 11 is 1.23. The molecule has 2 rings (SSSR count). The highest BCUT2D eigenvalue weighted by molar-refractivity contribution is 7.17. The molecule has 0 saturated heterocycles. The molecule has 0 radical (unpaired) electrons. The molecule has 0 aliphatic rings. The van der Waals surface area contributed by atoms with Gasteiger partial charge >= 0.3 is 5.97 Å². The van der Waals surface area contributed by atoms with Crippen LogP contribution in [0, 0.1) is 6.92 Å². The first-order valence-corrected chi connectivity index (χ1v) is 7.26. The molecule has 0 spiro atoms. The zero-order valence-electron chi connectivity index (χ0n) is 11.7. The van der Waals surface area contributed by atoms with Gasteiger partial charge < -0.3 is 10.4 Å². The lowest BCUT2D eigenvalue weighted by molar-refractivity contribution is -0.139. The average molecular weight is 305 g/mol. The van der Waals surface area contributed by atoms with Crippen molar-refractivity contribution < 1.29 is 14.7 Å². The van der Waals surface area contributed by atoms with Crippen LogP contribution in [0.1, 0.15) is 28.7 Å². The van der Waals surface area contributed by atoms with Gasteiger partial charge in [0.25, 0.3) is 5.91 Å². The standard InChI is InChI=1S/C14H15N3O3S/c1-3-10(14(19)20)17-12(18)11-8(2)16-13(21-11)9-5-4-6-15-7-9/h4-7,10H,3H2,1-2H3,(H,17,18)(H,19,20). The Balaban J connectivity index is 2.23. The van der Waals surface area contributed by atoms with Crippen molar-refractivity contribution in [1.29, 1.82) is 0 Å². The van der Waals surface area contributed by atoms with E-state index in [1.807, 2.05) is 6.07 Å². The molecule has 0 aliphatic heterocycles. The van der Waals surface area contributed by atoms with Gasteiger partial charge in [-0.25, -0.2) is 9.78 Å². The number of pyridine rings is 1. The number of carboxylic acid groups (broad SMARTS) is 1. The fourth-order valence-electron chi connectivity index (χ4n) is 1.78. The van der Waals surface area contributed by atoms with Gasteiger partial charge in [0.2, 0.25) is 0 Å². The zero-order chi connectivity index (χ0) is 15.4. The lowest BCUT2D eigenvalue weighted by Crippen LogP contribution is -2.40. The van der Waals surface area contributed by atoms with Crippen LogP contribution in [0.2, 0.25) is 0 Å². The van der Waals surface area contributed by atoms with Gasteiger partial charge in [0.05, 0.1) is 5.69 Å². The van der Waals surface area contributed by atoms with Gasteiger partial charge in [-0.1, -0.05) is 6.92 Å². The van der Waals surface area contributed by atoms with Crippen molar-refractivity contribution in [2.75, 3.05) is 0 Å². The summed E-state index contributed by atoms with van der Waals surface area (Å²) in [4.78, 5) is 31.9. The number of aliphatic carboxylic acids is 1. The Morgan fingerprint density at radius 2 is 2.24 bits per heavy atom. The molecular formula is C14H15N3O3S. The molecule has 2 aromatic heterocycles. The molecule has 0 bridgehead atoms. The maximum Gasteiger partial charge on any atom is 0.326 e. The minimum Gasteiger partial charge on any atom is -0.480 e. The van der Waals surface area contributed by atoms with Crippen LogP contribution in [0.25, 0.3) is 10.6 Å². The van der Waals surface area contributed by atoms with E-state index >= 15 is 0 Å². The summed E-state index contributed by atoms with van der Waals surface area (Å²) in [6, 6.07) is 2.77. The normalized spacial score (nSPS) is 11.9. The summed E-state index contributed by atoms with van der Waals surface area (Å²) in [5, 5.41) is 12.2. The summed E-state index contributed by atoms with van der Waals surface area (Å²) < 4.78 is 0. The number of aryl methyl sites for hydroxylation is 1. The Bertz CT molecular complexity index is 655. The summed E-state index contributed by atoms with van der Waals surface area (Å²) in [5.74, 6) is -1.45. The lowest BCUT2D eigenvalue weighted by Gasteiger charge is -2.11. The molecule has 0 saturated carbocycles. The van der Waals surface area contributed by atoms with Crippen LogP contribution < -0.4 is 5.32 Å². The minimum absolute atomic E-state index is 0.328. The number of amides is 1. The van der Waals surface area contributed by atoms with Crippen LogP contribution in [0.4, 0.5) is 0 Å². The van der Waals surface area contributed by atoms with Crippen molar-refractivity contribution in [3.05, 3.63) is 35.1 Å². The Morgan fingerprint density at radius 3 is 2.81 bits per heavy atom. The zero-order valence-corrected chi connectivity index (χ0v) is 12.5. The molecule has 0 aliphatic carbocycles. The highest BCUT2D eigenvalue weighted by Crippen LogP contribution is 2.27. The van der Waals surface area contributed by atoms with Gasteiger partial charge in [-0.3, -0.25) is 9.78 Å².